The van der Waals surface area contributed by atoms with Crippen LogP contribution >= 0.6 is 23.5 Å². The molecule has 6 atom stereocenters. The molecule has 10 N–H and O–H groups in total. The third kappa shape index (κ3) is 10.6. The van der Waals surface area contributed by atoms with Gasteiger partial charge in [-0.1, -0.05) is 32.6 Å². The third-order valence-electron chi connectivity index (χ3n) is 7.48. The molecule has 26 heteroatoms. The minimum absolute atomic E-state index is 0.0107. The zero-order valence-electron chi connectivity index (χ0n) is 28.3. The number of hydrogen-bond acceptors (Lipinski definition) is 16. The molecule has 1 aliphatic heterocycles. The lowest BCUT2D eigenvalue weighted by molar-refractivity contribution is -0.386. The molecule has 53 heavy (non-hydrogen) atoms. The number of phosphoric ester groups is 1. The second kappa shape index (κ2) is 16.0. The summed E-state index contributed by atoms with van der Waals surface area (Å²) in [4.78, 5) is 67.0. The number of phosphoric acid groups is 3. The number of aliphatic hydroxyl groups excluding tert-OH is 1. The van der Waals surface area contributed by atoms with Crippen molar-refractivity contribution in [2.45, 2.75) is 58.3 Å². The molecule has 292 valence electrons. The number of ether oxygens (including phenoxy) is 3. The van der Waals surface area contributed by atoms with E-state index < -0.39 is 70.6 Å². The van der Waals surface area contributed by atoms with Crippen LogP contribution in [-0.4, -0.2) is 76.6 Å². The number of anilines is 1. The number of nitro benzene ring substituents is 1. The van der Waals surface area contributed by atoms with Crippen LogP contribution in [0.5, 0.6) is 5.75 Å². The highest BCUT2D eigenvalue weighted by Gasteiger charge is 2.43. The van der Waals surface area contributed by atoms with E-state index >= 15 is 0 Å². The molecule has 0 amide bonds. The molecule has 0 aliphatic carbocycles. The van der Waals surface area contributed by atoms with Gasteiger partial charge in [-0.05, 0) is 11.5 Å². The Labute approximate surface area is 299 Å². The predicted molar refractivity (Wildman–Crippen MR) is 182 cm³/mol. The number of hydrogen-bond donors (Lipinski definition) is 8. The van der Waals surface area contributed by atoms with E-state index in [0.717, 1.165) is 0 Å². The summed E-state index contributed by atoms with van der Waals surface area (Å²) in [5.41, 5.74) is 10.5. The van der Waals surface area contributed by atoms with Crippen molar-refractivity contribution >= 4 is 46.0 Å². The highest BCUT2D eigenvalue weighted by Crippen LogP contribution is 2.66. The Kier molecular flexibility index (Phi) is 12.8. The first-order chi connectivity index (χ1) is 24.4. The van der Waals surface area contributed by atoms with E-state index in [0.29, 0.717) is 5.56 Å². The van der Waals surface area contributed by atoms with Crippen molar-refractivity contribution in [2.75, 3.05) is 26.0 Å². The maximum atomic E-state index is 12.4. The summed E-state index contributed by atoms with van der Waals surface area (Å²) in [6, 6.07) is 2.72. The van der Waals surface area contributed by atoms with Crippen molar-refractivity contribution in [2.24, 2.45) is 11.1 Å². The van der Waals surface area contributed by atoms with Crippen LogP contribution in [0.25, 0.3) is 11.0 Å². The normalized spacial score (nSPS) is 20.7. The van der Waals surface area contributed by atoms with Crippen LogP contribution in [0.2, 0.25) is 0 Å². The molecule has 0 radical (unpaired) electrons. The summed E-state index contributed by atoms with van der Waals surface area (Å²) < 4.78 is 65.6. The lowest BCUT2D eigenvalue weighted by Crippen LogP contribution is -2.26. The van der Waals surface area contributed by atoms with Gasteiger partial charge in [0.15, 0.2) is 5.65 Å². The van der Waals surface area contributed by atoms with Crippen LogP contribution in [0.15, 0.2) is 23.1 Å². The van der Waals surface area contributed by atoms with Gasteiger partial charge < -0.3 is 54.9 Å². The largest absolute Gasteiger partial charge is 0.495 e. The van der Waals surface area contributed by atoms with Gasteiger partial charge in [-0.25, -0.2) is 18.5 Å². The molecule has 0 saturated carbocycles. The first-order valence-electron chi connectivity index (χ1n) is 15.1. The SMILES string of the molecule is COc1cc([C@@H](OCc2cn([C@H]3CC(O)[C@@H](COP(=O)(O)OP(=O)(O)OP(=O)(O)O)O3)c3nc(=O)[nH]c(N)c23)C(C)(C)C)c([N+](=O)[O-])cc1C#CCN. The smallest absolute Gasteiger partial charge is 0.490 e. The van der Waals surface area contributed by atoms with Crippen molar-refractivity contribution in [3.8, 4) is 17.6 Å². The molecule has 3 heterocycles. The van der Waals surface area contributed by atoms with Gasteiger partial charge in [-0.2, -0.15) is 13.6 Å². The Bertz CT molecular complexity index is 2130. The predicted octanol–water partition coefficient (Wildman–Crippen LogP) is 1.83. The number of nitrogens with zero attached hydrogens (tertiary/aromatic N) is 3. The zero-order valence-corrected chi connectivity index (χ0v) is 31.0. The molecule has 0 spiro atoms. The molecule has 4 rings (SSSR count). The summed E-state index contributed by atoms with van der Waals surface area (Å²) in [5, 5.41) is 23.1. The summed E-state index contributed by atoms with van der Waals surface area (Å²) >= 11 is 0. The fourth-order valence-electron chi connectivity index (χ4n) is 5.46. The number of nitrogens with two attached hydrogens (primary N) is 2. The number of nitro groups is 1. The quantitative estimate of drug-likeness (QED) is 0.0498. The number of methoxy groups -OCH3 is 1. The van der Waals surface area contributed by atoms with Gasteiger partial charge in [0, 0.05) is 24.2 Å². The van der Waals surface area contributed by atoms with Crippen LogP contribution in [0.3, 0.4) is 0 Å². The highest BCUT2D eigenvalue weighted by molar-refractivity contribution is 7.66. The Balaban J connectivity index is 1.64. The molecule has 1 fully saturated rings. The van der Waals surface area contributed by atoms with E-state index in [1.54, 1.807) is 20.8 Å². The topological polar surface area (TPSA) is 354 Å². The van der Waals surface area contributed by atoms with Gasteiger partial charge >= 0.3 is 29.2 Å². The average Bonchev–Trinajstić information content (AvgIpc) is 3.56. The van der Waals surface area contributed by atoms with Crippen molar-refractivity contribution in [1.29, 1.82) is 0 Å². The molecule has 2 aromatic heterocycles. The molecule has 1 saturated heterocycles. The number of aromatic nitrogens is 3. The van der Waals surface area contributed by atoms with E-state index in [2.05, 4.69) is 35.0 Å². The van der Waals surface area contributed by atoms with Gasteiger partial charge in [0.05, 0.1) is 60.5 Å². The van der Waals surface area contributed by atoms with E-state index in [4.69, 9.17) is 35.5 Å². The minimum atomic E-state index is -5.79. The first-order valence-corrected chi connectivity index (χ1v) is 19.6. The lowest BCUT2D eigenvalue weighted by atomic mass is 9.83. The van der Waals surface area contributed by atoms with E-state index in [1.807, 2.05) is 0 Å². The van der Waals surface area contributed by atoms with Gasteiger partial charge in [-0.15, -0.1) is 0 Å². The number of H-pyrrole nitrogens is 1. The standard InChI is InChI=1S/C27H37N6O17P3/c1-27(2,3)23(16-9-19(45-4)14(6-5-7-28)8-17(16)33(36)37)46-12-15-11-32(25-22(15)24(29)30-26(35)31-25)21-10-18(34)20(48-21)13-47-52(41,42)50-53(43,44)49-51(38,39)40/h8-9,11,18,20-21,23,34H,7,10,12-13,28H2,1-4H3,(H,41,42)(H,43,44)(H2,38,39,40)(H3,29,30,31,35)/t18?,20-,21-,23-/m1/s1. The van der Waals surface area contributed by atoms with Gasteiger partial charge in [0.25, 0.3) is 5.69 Å². The zero-order chi connectivity index (χ0) is 39.7. The monoisotopic (exact) mass is 810 g/mol. The van der Waals surface area contributed by atoms with Crippen molar-refractivity contribution in [3.05, 3.63) is 55.6 Å². The summed E-state index contributed by atoms with van der Waals surface area (Å²) in [6.07, 6.45) is -3.67. The lowest BCUT2D eigenvalue weighted by Gasteiger charge is -2.31. The third-order valence-corrected chi connectivity index (χ3v) is 11.3. The summed E-state index contributed by atoms with van der Waals surface area (Å²) in [6.45, 7) is 4.19. The molecular weight excluding hydrogens is 773 g/mol. The molecule has 1 aromatic carbocycles. The van der Waals surface area contributed by atoms with Crippen LogP contribution in [0.1, 0.15) is 56.2 Å². The van der Waals surface area contributed by atoms with Crippen LogP contribution in [0.4, 0.5) is 11.5 Å². The molecule has 23 nitrogen and oxygen atoms in total. The second-order valence-electron chi connectivity index (χ2n) is 12.5. The Hall–Kier alpha value is -3.55. The maximum absolute atomic E-state index is 12.4. The Morgan fingerprint density at radius 1 is 1.19 bits per heavy atom. The van der Waals surface area contributed by atoms with E-state index in [-0.39, 0.29) is 59.0 Å². The van der Waals surface area contributed by atoms with Crippen molar-refractivity contribution in [3.63, 3.8) is 0 Å². The minimum Gasteiger partial charge on any atom is -0.495 e. The number of rotatable bonds is 14. The number of nitrogen functional groups attached to an aromatic ring is 1. The first kappa shape index (κ1) is 42.2. The number of aliphatic hydroxyl groups is 1. The molecule has 3 unspecified atom stereocenters. The van der Waals surface area contributed by atoms with Crippen molar-refractivity contribution in [1.82, 2.24) is 14.5 Å². The molecule has 3 aromatic rings. The number of benzene rings is 1. The van der Waals surface area contributed by atoms with Gasteiger partial charge in [0.2, 0.25) is 0 Å². The van der Waals surface area contributed by atoms with E-state index in [9.17, 15) is 43.5 Å². The molecular formula is C27H37N6O17P3. The van der Waals surface area contributed by atoms with Crippen molar-refractivity contribution < 1.29 is 70.7 Å². The van der Waals surface area contributed by atoms with Crippen LogP contribution in [-0.2, 0) is 42.9 Å². The fraction of sp³-hybridized carbons (Fsp3) is 0.481. The Morgan fingerprint density at radius 3 is 2.45 bits per heavy atom. The van der Waals surface area contributed by atoms with Gasteiger partial charge in [0.1, 0.15) is 23.9 Å². The molecule has 1 aliphatic rings. The average molecular weight is 811 g/mol. The summed E-state index contributed by atoms with van der Waals surface area (Å²) in [5.74, 6) is 5.52. The number of aromatic amines is 1. The van der Waals surface area contributed by atoms with Crippen LogP contribution in [0, 0.1) is 27.4 Å². The second-order valence-corrected chi connectivity index (χ2v) is 16.9. The molecule has 0 bridgehead atoms. The van der Waals surface area contributed by atoms with E-state index in [1.165, 1.54) is 30.0 Å². The number of nitrogens with one attached hydrogen (secondary N) is 1. The Morgan fingerprint density at radius 2 is 1.87 bits per heavy atom. The van der Waals surface area contributed by atoms with Gasteiger partial charge in [-0.3, -0.25) is 19.6 Å². The highest BCUT2D eigenvalue weighted by atomic mass is 31.3. The number of fused-ring (bicyclic) bond motifs is 1. The fourth-order valence-corrected chi connectivity index (χ4v) is 8.49. The maximum Gasteiger partial charge on any atom is 0.490 e. The summed E-state index contributed by atoms with van der Waals surface area (Å²) in [7, 11) is -15.6. The van der Waals surface area contributed by atoms with Crippen LogP contribution < -0.4 is 21.9 Å².